The van der Waals surface area contributed by atoms with Crippen molar-refractivity contribution in [3.05, 3.63) is 0 Å². The van der Waals surface area contributed by atoms with Gasteiger partial charge in [-0.2, -0.15) is 0 Å². The minimum atomic E-state index is -0.424. The molecule has 0 heterocycles. The molecule has 0 saturated heterocycles. The zero-order valence-electron chi connectivity index (χ0n) is 33.8. The third-order valence-electron chi connectivity index (χ3n) is 9.69. The van der Waals surface area contributed by atoms with Crippen molar-refractivity contribution in [1.29, 1.82) is 0 Å². The molecule has 0 aliphatic rings. The number of carbonyl (C=O) groups excluding carboxylic acids is 2. The van der Waals surface area contributed by atoms with E-state index in [0.29, 0.717) is 24.1 Å². The highest BCUT2D eigenvalue weighted by molar-refractivity contribution is 5.72. The molecular formula is C43H86INO4. The van der Waals surface area contributed by atoms with Gasteiger partial charge in [0.15, 0.2) is 6.10 Å². The maximum atomic E-state index is 12.6. The standard InChI is InChI=1S/C43H86NO4.HI/c1-6-8-10-12-14-16-18-20-22-24-26-28-30-32-34-36-38-47-43(46)39-41(40-44(3,4)5)48-42(45)37-35-33-31-29-27-25-23-21-19-17-15-13-11-9-7-2;/h41H,6-40H2,1-5H3;1H/q+1;/p-1. The predicted molar refractivity (Wildman–Crippen MR) is 207 cm³/mol. The Balaban J connectivity index is 0. The number of esters is 2. The van der Waals surface area contributed by atoms with Gasteiger partial charge in [-0.15, -0.1) is 0 Å². The summed E-state index contributed by atoms with van der Waals surface area (Å²) >= 11 is 0. The second-order valence-corrected chi connectivity index (χ2v) is 16.0. The SMILES string of the molecule is CCCCCCCCCCCCCCCCCCOC(=O)CC(C[N+](C)(C)C)OC(=O)CCCCCCCCCCCCCCCCC.[I-]. The molecule has 0 aliphatic heterocycles. The number of likely N-dealkylation sites (N-methyl/N-ethyl adjacent to an activating group) is 1. The van der Waals surface area contributed by atoms with E-state index in [0.717, 1.165) is 25.7 Å². The molecule has 1 unspecified atom stereocenters. The molecule has 294 valence electrons. The fraction of sp³-hybridized carbons (Fsp3) is 0.953. The Labute approximate surface area is 324 Å². The minimum Gasteiger partial charge on any atom is -1.00 e. The Hall–Kier alpha value is -0.370. The van der Waals surface area contributed by atoms with Crippen molar-refractivity contribution in [2.45, 2.75) is 232 Å². The Morgan fingerprint density at radius 3 is 1.08 bits per heavy atom. The lowest BCUT2D eigenvalue weighted by molar-refractivity contribution is -0.873. The van der Waals surface area contributed by atoms with Crippen LogP contribution in [0.1, 0.15) is 226 Å². The normalized spacial score (nSPS) is 12.1. The van der Waals surface area contributed by atoms with Crippen LogP contribution in [0.15, 0.2) is 0 Å². The number of ether oxygens (including phenoxy) is 2. The van der Waals surface area contributed by atoms with Crippen LogP contribution >= 0.6 is 0 Å². The van der Waals surface area contributed by atoms with Crippen LogP contribution in [0.4, 0.5) is 0 Å². The Morgan fingerprint density at radius 2 is 0.755 bits per heavy atom. The van der Waals surface area contributed by atoms with E-state index in [-0.39, 0.29) is 42.3 Å². The molecule has 49 heavy (non-hydrogen) atoms. The van der Waals surface area contributed by atoms with Crippen LogP contribution in [0.3, 0.4) is 0 Å². The molecule has 1 atom stereocenters. The van der Waals surface area contributed by atoms with Crippen LogP contribution in [0, 0.1) is 0 Å². The third-order valence-corrected chi connectivity index (χ3v) is 9.69. The lowest BCUT2D eigenvalue weighted by Gasteiger charge is -2.28. The molecule has 6 heteroatoms. The highest BCUT2D eigenvalue weighted by atomic mass is 127. The number of nitrogens with zero attached hydrogens (tertiary/aromatic N) is 1. The maximum Gasteiger partial charge on any atom is 0.309 e. The van der Waals surface area contributed by atoms with Gasteiger partial charge >= 0.3 is 11.9 Å². The van der Waals surface area contributed by atoms with Crippen LogP contribution in [0.5, 0.6) is 0 Å². The van der Waals surface area contributed by atoms with Gasteiger partial charge in [-0.05, 0) is 12.8 Å². The summed E-state index contributed by atoms with van der Waals surface area (Å²) in [6.45, 7) is 5.65. The Morgan fingerprint density at radius 1 is 0.449 bits per heavy atom. The maximum absolute atomic E-state index is 12.6. The van der Waals surface area contributed by atoms with Crippen molar-refractivity contribution in [1.82, 2.24) is 0 Å². The average Bonchev–Trinajstić information content (AvgIpc) is 3.03. The first-order valence-corrected chi connectivity index (χ1v) is 21.4. The van der Waals surface area contributed by atoms with Crippen molar-refractivity contribution in [2.75, 3.05) is 34.3 Å². The lowest BCUT2D eigenvalue weighted by atomic mass is 10.0. The molecule has 0 fully saturated rings. The Bertz CT molecular complexity index is 696. The minimum absolute atomic E-state index is 0. The summed E-state index contributed by atoms with van der Waals surface area (Å²) in [5.74, 6) is -0.414. The summed E-state index contributed by atoms with van der Waals surface area (Å²) in [5.41, 5.74) is 0. The first-order valence-electron chi connectivity index (χ1n) is 21.4. The van der Waals surface area contributed by atoms with Crippen LogP contribution in [0.25, 0.3) is 0 Å². The van der Waals surface area contributed by atoms with Gasteiger partial charge in [0, 0.05) is 6.42 Å². The largest absolute Gasteiger partial charge is 1.00 e. The van der Waals surface area contributed by atoms with Gasteiger partial charge in [0.05, 0.1) is 34.2 Å². The van der Waals surface area contributed by atoms with Crippen molar-refractivity contribution < 1.29 is 47.5 Å². The molecule has 0 aromatic heterocycles. The molecule has 0 bridgehead atoms. The molecule has 0 amide bonds. The molecule has 5 nitrogen and oxygen atoms in total. The van der Waals surface area contributed by atoms with Crippen LogP contribution in [-0.2, 0) is 19.1 Å². The quantitative estimate of drug-likeness (QED) is 0.0270. The van der Waals surface area contributed by atoms with E-state index in [1.807, 2.05) is 0 Å². The number of hydrogen-bond acceptors (Lipinski definition) is 4. The van der Waals surface area contributed by atoms with E-state index in [1.165, 1.54) is 173 Å². The van der Waals surface area contributed by atoms with Gasteiger partial charge < -0.3 is 37.9 Å². The summed E-state index contributed by atoms with van der Waals surface area (Å²) in [7, 11) is 6.20. The predicted octanol–water partition coefficient (Wildman–Crippen LogP) is 10.1. The third kappa shape index (κ3) is 41.9. The monoisotopic (exact) mass is 808 g/mol. The summed E-state index contributed by atoms with van der Waals surface area (Å²) in [5, 5.41) is 0. The van der Waals surface area contributed by atoms with Crippen LogP contribution in [-0.4, -0.2) is 56.8 Å². The molecule has 0 spiro atoms. The number of rotatable bonds is 38. The molecule has 0 radical (unpaired) electrons. The average molecular weight is 808 g/mol. The van der Waals surface area contributed by atoms with Gasteiger partial charge in [0.1, 0.15) is 6.54 Å². The zero-order valence-corrected chi connectivity index (χ0v) is 35.9. The van der Waals surface area contributed by atoms with E-state index < -0.39 is 6.10 Å². The van der Waals surface area contributed by atoms with Crippen LogP contribution in [0.2, 0.25) is 0 Å². The lowest BCUT2D eigenvalue weighted by Crippen LogP contribution is -3.00. The molecular weight excluding hydrogens is 721 g/mol. The first kappa shape index (κ1) is 50.7. The van der Waals surface area contributed by atoms with Crippen molar-refractivity contribution in [3.8, 4) is 0 Å². The summed E-state index contributed by atoms with van der Waals surface area (Å²) in [6, 6.07) is 0. The van der Waals surface area contributed by atoms with E-state index >= 15 is 0 Å². The molecule has 0 saturated carbocycles. The highest BCUT2D eigenvalue weighted by Crippen LogP contribution is 2.16. The van der Waals surface area contributed by atoms with E-state index in [1.54, 1.807) is 0 Å². The fourth-order valence-corrected chi connectivity index (χ4v) is 6.72. The van der Waals surface area contributed by atoms with Gasteiger partial charge in [0.25, 0.3) is 0 Å². The highest BCUT2D eigenvalue weighted by Gasteiger charge is 2.25. The fourth-order valence-electron chi connectivity index (χ4n) is 6.72. The van der Waals surface area contributed by atoms with Crippen molar-refractivity contribution >= 4 is 11.9 Å². The van der Waals surface area contributed by atoms with Gasteiger partial charge in [-0.1, -0.05) is 200 Å². The molecule has 0 N–H and O–H groups in total. The number of halogens is 1. The Kier molecular flexibility index (Phi) is 40.2. The number of hydrogen-bond donors (Lipinski definition) is 0. The summed E-state index contributed by atoms with van der Waals surface area (Å²) in [4.78, 5) is 25.2. The van der Waals surface area contributed by atoms with Crippen molar-refractivity contribution in [2.24, 2.45) is 0 Å². The second-order valence-electron chi connectivity index (χ2n) is 16.0. The van der Waals surface area contributed by atoms with Gasteiger partial charge in [0.2, 0.25) is 0 Å². The summed E-state index contributed by atoms with van der Waals surface area (Å²) in [6.07, 6.45) is 41.1. The van der Waals surface area contributed by atoms with Gasteiger partial charge in [-0.3, -0.25) is 9.59 Å². The molecule has 0 rings (SSSR count). The molecule has 0 aliphatic carbocycles. The first-order chi connectivity index (χ1) is 23.3. The number of carbonyl (C=O) groups is 2. The van der Waals surface area contributed by atoms with Crippen LogP contribution < -0.4 is 24.0 Å². The van der Waals surface area contributed by atoms with E-state index in [4.69, 9.17) is 9.47 Å². The molecule has 0 aromatic carbocycles. The topological polar surface area (TPSA) is 52.6 Å². The zero-order chi connectivity index (χ0) is 35.4. The van der Waals surface area contributed by atoms with Crippen molar-refractivity contribution in [3.63, 3.8) is 0 Å². The smallest absolute Gasteiger partial charge is 0.309 e. The second kappa shape index (κ2) is 38.9. The number of unbranched alkanes of at least 4 members (excludes halogenated alkanes) is 29. The molecule has 0 aromatic rings. The van der Waals surface area contributed by atoms with E-state index in [9.17, 15) is 9.59 Å². The van der Waals surface area contributed by atoms with E-state index in [2.05, 4.69) is 35.0 Å². The summed E-state index contributed by atoms with van der Waals surface area (Å²) < 4.78 is 12.0. The van der Waals surface area contributed by atoms with Gasteiger partial charge in [-0.25, -0.2) is 0 Å². The number of quaternary nitrogens is 1.